The molecule has 3 aromatic rings. The first-order valence-electron chi connectivity index (χ1n) is 12.4. The lowest BCUT2D eigenvalue weighted by molar-refractivity contribution is -0.123. The Hall–Kier alpha value is -3.33. The highest BCUT2D eigenvalue weighted by Gasteiger charge is 2.40. The van der Waals surface area contributed by atoms with Crippen LogP contribution in [0.25, 0.3) is 5.69 Å². The topological polar surface area (TPSA) is 76.5 Å². The largest absolute Gasteiger partial charge is 0.497 e. The molecule has 1 saturated carbocycles. The molecule has 1 aliphatic carbocycles. The molecule has 0 bridgehead atoms. The van der Waals surface area contributed by atoms with Crippen LogP contribution in [-0.4, -0.2) is 47.0 Å². The van der Waals surface area contributed by atoms with Gasteiger partial charge < -0.3 is 10.1 Å². The second kappa shape index (κ2) is 9.85. The molecule has 2 aliphatic rings. The fourth-order valence-corrected chi connectivity index (χ4v) is 5.72. The van der Waals surface area contributed by atoms with Crippen molar-refractivity contribution in [1.82, 2.24) is 15.1 Å². The number of carbonyl (C=O) groups excluding carboxylic acids is 2. The lowest BCUT2D eigenvalue weighted by Gasteiger charge is -2.24. The van der Waals surface area contributed by atoms with Gasteiger partial charge >= 0.3 is 0 Å². The lowest BCUT2D eigenvalue weighted by atomic mass is 9.87. The van der Waals surface area contributed by atoms with E-state index in [1.165, 1.54) is 23.9 Å². The number of thioether (sulfide) groups is 1. The quantitative estimate of drug-likeness (QED) is 0.505. The molecule has 0 unspecified atom stereocenters. The number of fused-ring (bicyclic) bond motifs is 1. The summed E-state index contributed by atoms with van der Waals surface area (Å²) in [6.07, 6.45) is 1.93. The number of ether oxygens (including phenoxy) is 1. The molecule has 2 amide bonds. The Morgan fingerprint density at radius 2 is 1.81 bits per heavy atom. The molecule has 0 saturated heterocycles. The summed E-state index contributed by atoms with van der Waals surface area (Å²) < 4.78 is 20.9. The van der Waals surface area contributed by atoms with Gasteiger partial charge in [0.2, 0.25) is 11.8 Å². The molecule has 2 aromatic carbocycles. The third kappa shape index (κ3) is 5.23. The summed E-state index contributed by atoms with van der Waals surface area (Å²) in [5.41, 5.74) is 2.95. The van der Waals surface area contributed by atoms with Crippen LogP contribution in [0.1, 0.15) is 55.7 Å². The molecular weight excluding hydrogens is 491 g/mol. The van der Waals surface area contributed by atoms with Crippen molar-refractivity contribution in [2.75, 3.05) is 24.3 Å². The summed E-state index contributed by atoms with van der Waals surface area (Å²) >= 11 is 1.48. The monoisotopic (exact) mass is 522 g/mol. The zero-order valence-corrected chi connectivity index (χ0v) is 22.3. The first-order valence-corrected chi connectivity index (χ1v) is 13.4. The van der Waals surface area contributed by atoms with Crippen LogP contribution in [0.2, 0.25) is 0 Å². The van der Waals surface area contributed by atoms with E-state index in [0.29, 0.717) is 11.6 Å². The number of nitrogens with one attached hydrogen (secondary N) is 1. The van der Waals surface area contributed by atoms with Crippen LogP contribution >= 0.6 is 11.8 Å². The van der Waals surface area contributed by atoms with Crippen LogP contribution in [0.3, 0.4) is 0 Å². The lowest BCUT2D eigenvalue weighted by Crippen LogP contribution is -2.43. The molecule has 1 N–H and O–H groups in total. The number of methoxy groups -OCH3 is 1. The van der Waals surface area contributed by atoms with Crippen molar-refractivity contribution in [3.63, 3.8) is 0 Å². The minimum absolute atomic E-state index is 0.0928. The molecule has 1 fully saturated rings. The van der Waals surface area contributed by atoms with E-state index in [9.17, 15) is 14.0 Å². The van der Waals surface area contributed by atoms with Crippen molar-refractivity contribution in [2.45, 2.75) is 50.3 Å². The minimum atomic E-state index is -0.365. The van der Waals surface area contributed by atoms with Gasteiger partial charge in [-0.3, -0.25) is 14.5 Å². The van der Waals surface area contributed by atoms with Crippen LogP contribution in [0.15, 0.2) is 48.5 Å². The Morgan fingerprint density at radius 1 is 1.14 bits per heavy atom. The summed E-state index contributed by atoms with van der Waals surface area (Å²) in [5.74, 6) is 0.783. The van der Waals surface area contributed by atoms with Gasteiger partial charge in [-0.25, -0.2) is 9.07 Å². The third-order valence-electron chi connectivity index (χ3n) is 6.53. The van der Waals surface area contributed by atoms with Crippen molar-refractivity contribution in [3.05, 3.63) is 71.2 Å². The van der Waals surface area contributed by atoms with Crippen LogP contribution in [0.4, 0.5) is 10.2 Å². The summed E-state index contributed by atoms with van der Waals surface area (Å²) in [6.45, 7) is 6.15. The Balaban J connectivity index is 1.73. The van der Waals surface area contributed by atoms with E-state index in [1.54, 1.807) is 28.8 Å². The number of hydrogen-bond acceptors (Lipinski definition) is 5. The Labute approximate surface area is 220 Å². The molecule has 0 spiro atoms. The van der Waals surface area contributed by atoms with Crippen LogP contribution < -0.4 is 15.0 Å². The van der Waals surface area contributed by atoms with E-state index >= 15 is 0 Å². The van der Waals surface area contributed by atoms with Gasteiger partial charge in [0.25, 0.3) is 0 Å². The van der Waals surface area contributed by atoms with Gasteiger partial charge in [0.05, 0.1) is 29.5 Å². The Morgan fingerprint density at radius 3 is 2.41 bits per heavy atom. The molecule has 1 aliphatic heterocycles. The smallest absolute Gasteiger partial charge is 0.240 e. The minimum Gasteiger partial charge on any atom is -0.497 e. The number of hydrogen-bond donors (Lipinski definition) is 1. The summed E-state index contributed by atoms with van der Waals surface area (Å²) in [7, 11) is 1.61. The summed E-state index contributed by atoms with van der Waals surface area (Å²) in [5, 5.41) is 7.79. The molecule has 7 nitrogen and oxygen atoms in total. The maximum absolute atomic E-state index is 13.8. The number of aromatic nitrogens is 2. The van der Waals surface area contributed by atoms with Gasteiger partial charge in [-0.15, -0.1) is 11.8 Å². The van der Waals surface area contributed by atoms with Crippen molar-refractivity contribution in [3.8, 4) is 11.4 Å². The number of benzene rings is 2. The molecule has 37 heavy (non-hydrogen) atoms. The van der Waals surface area contributed by atoms with Gasteiger partial charge in [-0.05, 0) is 54.8 Å². The van der Waals surface area contributed by atoms with Gasteiger partial charge in [-0.2, -0.15) is 5.10 Å². The van der Waals surface area contributed by atoms with Gasteiger partial charge in [-0.1, -0.05) is 32.9 Å². The molecular formula is C28H31FN4O3S. The number of amides is 2. The highest BCUT2D eigenvalue weighted by molar-refractivity contribution is 8.00. The Bertz CT molecular complexity index is 1310. The SMILES string of the molecule is COc1ccc(-n2nc(C(C)(C)C)c3c2N(CC(=O)NC2CC2)C(=O)CS[C@H]3c2ccc(F)cc2)cc1. The fourth-order valence-electron chi connectivity index (χ4n) is 4.52. The maximum atomic E-state index is 13.8. The summed E-state index contributed by atoms with van der Waals surface area (Å²) in [6, 6.07) is 14.0. The predicted octanol–water partition coefficient (Wildman–Crippen LogP) is 4.77. The number of carbonyl (C=O) groups is 2. The standard InChI is InChI=1S/C28H31FN4O3S/c1-28(2,3)26-24-25(17-5-7-18(29)8-6-17)37-16-23(35)32(15-22(34)30-19-9-10-19)27(24)33(31-26)20-11-13-21(36-4)14-12-20/h5-8,11-14,19,25H,9-10,15-16H2,1-4H3,(H,30,34)/t25-/m0/s1. The first kappa shape index (κ1) is 25.3. The second-order valence-electron chi connectivity index (χ2n) is 10.5. The molecule has 0 radical (unpaired) electrons. The molecule has 1 aromatic heterocycles. The number of nitrogens with zero attached hydrogens (tertiary/aromatic N) is 3. The van der Waals surface area contributed by atoms with E-state index in [2.05, 4.69) is 26.1 Å². The average molecular weight is 523 g/mol. The zero-order valence-electron chi connectivity index (χ0n) is 21.5. The van der Waals surface area contributed by atoms with Gasteiger partial charge in [0.1, 0.15) is 23.9 Å². The predicted molar refractivity (Wildman–Crippen MR) is 143 cm³/mol. The van der Waals surface area contributed by atoms with E-state index in [4.69, 9.17) is 9.84 Å². The van der Waals surface area contributed by atoms with E-state index in [0.717, 1.165) is 35.3 Å². The first-order chi connectivity index (χ1) is 17.7. The number of anilines is 1. The fraction of sp³-hybridized carbons (Fsp3) is 0.393. The van der Waals surface area contributed by atoms with E-state index in [1.807, 2.05) is 24.3 Å². The second-order valence-corrected chi connectivity index (χ2v) is 11.6. The van der Waals surface area contributed by atoms with Crippen LogP contribution in [0.5, 0.6) is 5.75 Å². The summed E-state index contributed by atoms with van der Waals surface area (Å²) in [4.78, 5) is 28.1. The van der Waals surface area contributed by atoms with Crippen molar-refractivity contribution in [1.29, 1.82) is 0 Å². The number of rotatable bonds is 6. The van der Waals surface area contributed by atoms with Crippen LogP contribution in [-0.2, 0) is 15.0 Å². The van der Waals surface area contributed by atoms with Crippen LogP contribution in [0, 0.1) is 5.82 Å². The maximum Gasteiger partial charge on any atom is 0.240 e. The van der Waals surface area contributed by atoms with E-state index in [-0.39, 0.29) is 46.6 Å². The highest BCUT2D eigenvalue weighted by atomic mass is 32.2. The van der Waals surface area contributed by atoms with Crippen molar-refractivity contribution in [2.24, 2.45) is 0 Å². The molecule has 194 valence electrons. The zero-order chi connectivity index (χ0) is 26.3. The van der Waals surface area contributed by atoms with Crippen molar-refractivity contribution < 1.29 is 18.7 Å². The van der Waals surface area contributed by atoms with Gasteiger partial charge in [0, 0.05) is 17.0 Å². The van der Waals surface area contributed by atoms with Gasteiger partial charge in [0.15, 0.2) is 0 Å². The third-order valence-corrected chi connectivity index (χ3v) is 7.79. The number of halogens is 1. The van der Waals surface area contributed by atoms with Crippen molar-refractivity contribution >= 4 is 29.4 Å². The Kier molecular flexibility index (Phi) is 6.74. The molecule has 2 heterocycles. The van der Waals surface area contributed by atoms with E-state index < -0.39 is 0 Å². The highest BCUT2D eigenvalue weighted by Crippen LogP contribution is 2.48. The molecule has 1 atom stereocenters. The molecule has 5 rings (SSSR count). The normalized spacial score (nSPS) is 17.8. The molecule has 9 heteroatoms. The average Bonchev–Trinajstić information content (AvgIpc) is 3.61.